The highest BCUT2D eigenvalue weighted by atomic mass is 19.1. The lowest BCUT2D eigenvalue weighted by Crippen LogP contribution is -2.31. The lowest BCUT2D eigenvalue weighted by molar-refractivity contribution is -0.116. The zero-order valence-electron chi connectivity index (χ0n) is 16.2. The lowest BCUT2D eigenvalue weighted by Gasteiger charge is -2.28. The van der Waals surface area contributed by atoms with Crippen molar-refractivity contribution in [1.29, 1.82) is 0 Å². The fourth-order valence-electron chi connectivity index (χ4n) is 3.42. The normalized spacial score (nSPS) is 14.8. The van der Waals surface area contributed by atoms with Gasteiger partial charge in [0.2, 0.25) is 5.91 Å². The number of piperidine rings is 1. The number of carbonyl (C=O) groups is 1. The number of halogens is 2. The van der Waals surface area contributed by atoms with E-state index in [1.54, 1.807) is 25.1 Å². The predicted molar refractivity (Wildman–Crippen MR) is 107 cm³/mol. The van der Waals surface area contributed by atoms with Crippen LogP contribution in [0.25, 0.3) is 0 Å². The summed E-state index contributed by atoms with van der Waals surface area (Å²) >= 11 is 0. The van der Waals surface area contributed by atoms with Crippen LogP contribution in [0.3, 0.4) is 0 Å². The third-order valence-corrected chi connectivity index (χ3v) is 5.09. The largest absolute Gasteiger partial charge is 0.352 e. The maximum Gasteiger partial charge on any atom is 0.243 e. The number of nitrogens with zero attached hydrogens (tertiary/aromatic N) is 1. The SMILES string of the molecule is Cc1cc(CN2CCC(=CC(=O)NCCc3ccc(F)cc3)CC2)ccc1F. The van der Waals surface area contributed by atoms with Crippen LogP contribution in [0.2, 0.25) is 0 Å². The first-order chi connectivity index (χ1) is 13.5. The fraction of sp³-hybridized carbons (Fsp3) is 0.348. The Labute approximate surface area is 165 Å². The zero-order valence-corrected chi connectivity index (χ0v) is 16.2. The topological polar surface area (TPSA) is 32.3 Å². The molecule has 0 radical (unpaired) electrons. The van der Waals surface area contributed by atoms with Gasteiger partial charge in [-0.3, -0.25) is 9.69 Å². The molecule has 148 valence electrons. The number of likely N-dealkylation sites (tertiary alicyclic amines) is 1. The molecule has 1 aliphatic heterocycles. The first kappa shape index (κ1) is 20.2. The quantitative estimate of drug-likeness (QED) is 0.759. The summed E-state index contributed by atoms with van der Waals surface area (Å²) in [4.78, 5) is 14.4. The second-order valence-corrected chi connectivity index (χ2v) is 7.33. The Morgan fingerprint density at radius 3 is 2.43 bits per heavy atom. The van der Waals surface area contributed by atoms with Gasteiger partial charge in [0, 0.05) is 32.3 Å². The van der Waals surface area contributed by atoms with Gasteiger partial charge in [0.25, 0.3) is 0 Å². The van der Waals surface area contributed by atoms with Gasteiger partial charge >= 0.3 is 0 Å². The van der Waals surface area contributed by atoms with Crippen LogP contribution in [0.1, 0.15) is 29.5 Å². The Balaban J connectivity index is 1.40. The first-order valence-corrected chi connectivity index (χ1v) is 9.69. The molecule has 1 fully saturated rings. The summed E-state index contributed by atoms with van der Waals surface area (Å²) in [6, 6.07) is 11.6. The maximum atomic E-state index is 13.4. The molecule has 3 nitrogen and oxygen atoms in total. The molecular formula is C23H26F2N2O. The Morgan fingerprint density at radius 1 is 1.07 bits per heavy atom. The Kier molecular flexibility index (Phi) is 6.93. The summed E-state index contributed by atoms with van der Waals surface area (Å²) in [5.41, 5.74) is 3.95. The van der Waals surface area contributed by atoms with Crippen LogP contribution < -0.4 is 5.32 Å². The average molecular weight is 384 g/mol. The molecule has 1 heterocycles. The third-order valence-electron chi connectivity index (χ3n) is 5.09. The van der Waals surface area contributed by atoms with Crippen molar-refractivity contribution >= 4 is 5.91 Å². The highest BCUT2D eigenvalue weighted by Crippen LogP contribution is 2.19. The Morgan fingerprint density at radius 2 is 1.75 bits per heavy atom. The van der Waals surface area contributed by atoms with Gasteiger partial charge in [0.05, 0.1) is 0 Å². The smallest absolute Gasteiger partial charge is 0.243 e. The first-order valence-electron chi connectivity index (χ1n) is 9.69. The Hall–Kier alpha value is -2.53. The number of benzene rings is 2. The number of hydrogen-bond acceptors (Lipinski definition) is 2. The van der Waals surface area contributed by atoms with Gasteiger partial charge in [-0.1, -0.05) is 29.8 Å². The van der Waals surface area contributed by atoms with E-state index in [0.717, 1.165) is 49.2 Å². The van der Waals surface area contributed by atoms with Crippen LogP contribution in [-0.2, 0) is 17.8 Å². The van der Waals surface area contributed by atoms with Crippen molar-refractivity contribution in [2.75, 3.05) is 19.6 Å². The van der Waals surface area contributed by atoms with Gasteiger partial charge in [0.15, 0.2) is 0 Å². The molecule has 1 amide bonds. The molecule has 3 rings (SSSR count). The lowest BCUT2D eigenvalue weighted by atomic mass is 10.0. The van der Waals surface area contributed by atoms with E-state index in [4.69, 9.17) is 0 Å². The molecule has 0 aliphatic carbocycles. The summed E-state index contributed by atoms with van der Waals surface area (Å²) in [6.07, 6.45) is 4.13. The minimum absolute atomic E-state index is 0.0697. The standard InChI is InChI=1S/C23H26F2N2O/c1-17-14-20(4-7-22(17)25)16-27-12-9-19(10-13-27)15-23(28)26-11-8-18-2-5-21(24)6-3-18/h2-7,14-15H,8-13,16H2,1H3,(H,26,28). The molecule has 0 saturated carbocycles. The van der Waals surface area contributed by atoms with Gasteiger partial charge < -0.3 is 5.32 Å². The van der Waals surface area contributed by atoms with Gasteiger partial charge in [0.1, 0.15) is 11.6 Å². The van der Waals surface area contributed by atoms with E-state index in [0.29, 0.717) is 18.5 Å². The minimum Gasteiger partial charge on any atom is -0.352 e. The van der Waals surface area contributed by atoms with Crippen molar-refractivity contribution in [2.45, 2.75) is 32.7 Å². The van der Waals surface area contributed by atoms with Crippen molar-refractivity contribution in [3.05, 3.63) is 82.4 Å². The van der Waals surface area contributed by atoms with Crippen molar-refractivity contribution in [2.24, 2.45) is 0 Å². The van der Waals surface area contributed by atoms with Crippen LogP contribution >= 0.6 is 0 Å². The molecule has 1 N–H and O–H groups in total. The maximum absolute atomic E-state index is 13.4. The molecule has 2 aromatic rings. The highest BCUT2D eigenvalue weighted by molar-refractivity contribution is 5.88. The average Bonchev–Trinajstić information content (AvgIpc) is 2.68. The van der Waals surface area contributed by atoms with Gasteiger partial charge in [-0.05, 0) is 61.1 Å². The number of carbonyl (C=O) groups excluding carboxylic acids is 1. The summed E-state index contributed by atoms with van der Waals surface area (Å²) < 4.78 is 26.3. The molecule has 0 spiro atoms. The molecule has 2 aromatic carbocycles. The minimum atomic E-state index is -0.251. The van der Waals surface area contributed by atoms with Crippen LogP contribution in [0.15, 0.2) is 54.1 Å². The second kappa shape index (κ2) is 9.60. The third kappa shape index (κ3) is 5.99. The highest BCUT2D eigenvalue weighted by Gasteiger charge is 2.15. The van der Waals surface area contributed by atoms with Crippen molar-refractivity contribution in [3.8, 4) is 0 Å². The van der Waals surface area contributed by atoms with Gasteiger partial charge in [-0.2, -0.15) is 0 Å². The Bertz CT molecular complexity index is 836. The number of hydrogen-bond donors (Lipinski definition) is 1. The van der Waals surface area contributed by atoms with E-state index in [-0.39, 0.29) is 17.5 Å². The van der Waals surface area contributed by atoms with Crippen molar-refractivity contribution in [1.82, 2.24) is 10.2 Å². The molecule has 28 heavy (non-hydrogen) atoms. The summed E-state index contributed by atoms with van der Waals surface area (Å²) in [6.45, 7) is 4.91. The van der Waals surface area contributed by atoms with E-state index in [1.165, 1.54) is 18.2 Å². The van der Waals surface area contributed by atoms with Crippen molar-refractivity contribution < 1.29 is 13.6 Å². The van der Waals surface area contributed by atoms with Crippen molar-refractivity contribution in [3.63, 3.8) is 0 Å². The van der Waals surface area contributed by atoms with Gasteiger partial charge in [-0.25, -0.2) is 8.78 Å². The molecule has 0 atom stereocenters. The summed E-state index contributed by atoms with van der Waals surface area (Å²) in [7, 11) is 0. The van der Waals surface area contributed by atoms with E-state index >= 15 is 0 Å². The predicted octanol–water partition coefficient (Wildman–Crippen LogP) is 4.15. The second-order valence-electron chi connectivity index (χ2n) is 7.33. The van der Waals surface area contributed by atoms with E-state index in [9.17, 15) is 13.6 Å². The molecule has 1 aliphatic rings. The molecule has 0 bridgehead atoms. The van der Waals surface area contributed by atoms with E-state index in [1.807, 2.05) is 12.1 Å². The molecule has 0 aromatic heterocycles. The number of rotatable bonds is 6. The number of aryl methyl sites for hydroxylation is 1. The summed E-state index contributed by atoms with van der Waals surface area (Å²) in [5.74, 6) is -0.490. The monoisotopic (exact) mass is 384 g/mol. The molecule has 5 heteroatoms. The van der Waals surface area contributed by atoms with Crippen LogP contribution in [0.4, 0.5) is 8.78 Å². The van der Waals surface area contributed by atoms with Crippen LogP contribution in [0.5, 0.6) is 0 Å². The number of amides is 1. The number of nitrogens with one attached hydrogen (secondary N) is 1. The van der Waals surface area contributed by atoms with Crippen LogP contribution in [-0.4, -0.2) is 30.4 Å². The van der Waals surface area contributed by atoms with Gasteiger partial charge in [-0.15, -0.1) is 0 Å². The van der Waals surface area contributed by atoms with E-state index < -0.39 is 0 Å². The molecular weight excluding hydrogens is 358 g/mol. The molecule has 0 unspecified atom stereocenters. The molecule has 1 saturated heterocycles. The van der Waals surface area contributed by atoms with E-state index in [2.05, 4.69) is 10.2 Å². The zero-order chi connectivity index (χ0) is 19.9. The summed E-state index contributed by atoms with van der Waals surface area (Å²) in [5, 5.41) is 2.90. The fourth-order valence-corrected chi connectivity index (χ4v) is 3.42. The van der Waals surface area contributed by atoms with Crippen LogP contribution in [0, 0.1) is 18.6 Å².